The largest absolute Gasteiger partial charge is 0.449 e. The molecule has 0 aromatic heterocycles. The molecule has 0 radical (unpaired) electrons. The molecule has 1 aliphatic carbocycles. The minimum atomic E-state index is -0.556. The summed E-state index contributed by atoms with van der Waals surface area (Å²) >= 11 is 0. The van der Waals surface area contributed by atoms with E-state index in [1.54, 1.807) is 24.3 Å². The molecule has 3 rings (SSSR count). The second kappa shape index (κ2) is 9.73. The molecule has 0 bridgehead atoms. The number of imide groups is 1. The van der Waals surface area contributed by atoms with Gasteiger partial charge in [-0.2, -0.15) is 0 Å². The number of benzene rings is 1. The number of carbonyl (C=O) groups excluding carboxylic acids is 4. The van der Waals surface area contributed by atoms with Crippen LogP contribution in [0.4, 0.5) is 16.2 Å². The van der Waals surface area contributed by atoms with E-state index < -0.39 is 6.09 Å². The lowest BCUT2D eigenvalue weighted by Crippen LogP contribution is -2.34. The van der Waals surface area contributed by atoms with Crippen molar-refractivity contribution in [3.05, 3.63) is 24.3 Å². The molecule has 30 heavy (non-hydrogen) atoms. The maximum atomic E-state index is 12.5. The van der Waals surface area contributed by atoms with E-state index >= 15 is 0 Å². The Kier molecular flexibility index (Phi) is 7.07. The highest BCUT2D eigenvalue weighted by Crippen LogP contribution is 2.38. The minimum Gasteiger partial charge on any atom is -0.449 e. The van der Waals surface area contributed by atoms with E-state index in [9.17, 15) is 19.2 Å². The zero-order chi connectivity index (χ0) is 21.7. The number of amides is 4. The number of nitrogens with zero attached hydrogens (tertiary/aromatic N) is 1. The molecule has 1 aromatic rings. The van der Waals surface area contributed by atoms with Crippen molar-refractivity contribution in [3.8, 4) is 0 Å². The number of hydrogen-bond acceptors (Lipinski definition) is 5. The number of anilines is 2. The van der Waals surface area contributed by atoms with Crippen LogP contribution in [0.15, 0.2) is 24.3 Å². The maximum Gasteiger partial charge on any atom is 0.411 e. The Morgan fingerprint density at radius 2 is 1.67 bits per heavy atom. The second-order valence-corrected chi connectivity index (χ2v) is 8.32. The Labute approximate surface area is 176 Å². The predicted molar refractivity (Wildman–Crippen MR) is 112 cm³/mol. The minimum absolute atomic E-state index is 0.0327. The van der Waals surface area contributed by atoms with Crippen LogP contribution in [0.2, 0.25) is 0 Å². The Bertz CT molecular complexity index is 799. The molecule has 2 atom stereocenters. The quantitative estimate of drug-likeness (QED) is 0.664. The van der Waals surface area contributed by atoms with Gasteiger partial charge in [0.1, 0.15) is 0 Å². The van der Waals surface area contributed by atoms with Gasteiger partial charge in [-0.1, -0.05) is 32.8 Å². The van der Waals surface area contributed by atoms with E-state index in [0.717, 1.165) is 25.7 Å². The van der Waals surface area contributed by atoms with Crippen molar-refractivity contribution >= 4 is 35.2 Å². The lowest BCUT2D eigenvalue weighted by Gasteiger charge is -2.19. The molecule has 2 aliphatic rings. The van der Waals surface area contributed by atoms with Gasteiger partial charge in [0.25, 0.3) is 0 Å². The van der Waals surface area contributed by atoms with E-state index in [4.69, 9.17) is 4.74 Å². The summed E-state index contributed by atoms with van der Waals surface area (Å²) in [7, 11) is 0. The van der Waals surface area contributed by atoms with Crippen LogP contribution in [-0.4, -0.2) is 41.9 Å². The van der Waals surface area contributed by atoms with Crippen LogP contribution in [0.5, 0.6) is 0 Å². The Morgan fingerprint density at radius 3 is 2.27 bits per heavy atom. The average Bonchev–Trinajstić information content (AvgIpc) is 2.95. The Balaban J connectivity index is 1.50. The molecule has 1 aromatic carbocycles. The standard InChI is InChI=1S/C22H29N3O5/c1-14(2)13-30-22(29)24-16-7-5-6-15(12-16)23-19(26)10-11-25-20(27)17-8-3-4-9-18(17)21(25)28/h5-7,12,14,17-18H,3-4,8-11,13H2,1-2H3,(H,23,26)(H,24,29). The van der Waals surface area contributed by atoms with Crippen molar-refractivity contribution in [1.29, 1.82) is 0 Å². The number of carbonyl (C=O) groups is 4. The molecule has 1 aliphatic heterocycles. The summed E-state index contributed by atoms with van der Waals surface area (Å²) in [6, 6.07) is 6.71. The number of hydrogen-bond donors (Lipinski definition) is 2. The number of fused-ring (bicyclic) bond motifs is 1. The molecular formula is C22H29N3O5. The third kappa shape index (κ3) is 5.37. The predicted octanol–water partition coefficient (Wildman–Crippen LogP) is 3.39. The SMILES string of the molecule is CC(C)COC(=O)Nc1cccc(NC(=O)CCN2C(=O)C3CCCCC3C2=O)c1. The normalized spacial score (nSPS) is 20.8. The monoisotopic (exact) mass is 415 g/mol. The summed E-state index contributed by atoms with van der Waals surface area (Å²) < 4.78 is 5.08. The molecule has 2 N–H and O–H groups in total. The fourth-order valence-electron chi connectivity index (χ4n) is 3.96. The summed E-state index contributed by atoms with van der Waals surface area (Å²) in [6.07, 6.45) is 2.95. The molecule has 1 saturated carbocycles. The highest BCUT2D eigenvalue weighted by Gasteiger charge is 2.47. The first-order chi connectivity index (χ1) is 14.3. The van der Waals surface area contributed by atoms with Crippen LogP contribution in [-0.2, 0) is 19.1 Å². The van der Waals surface area contributed by atoms with Crippen molar-refractivity contribution in [1.82, 2.24) is 4.90 Å². The molecule has 1 saturated heterocycles. The van der Waals surface area contributed by atoms with E-state index in [1.807, 2.05) is 13.8 Å². The first-order valence-electron chi connectivity index (χ1n) is 10.5. The fourth-order valence-corrected chi connectivity index (χ4v) is 3.96. The molecule has 162 valence electrons. The van der Waals surface area contributed by atoms with Gasteiger partial charge in [0.2, 0.25) is 17.7 Å². The van der Waals surface area contributed by atoms with Gasteiger partial charge in [0.15, 0.2) is 0 Å². The third-order valence-electron chi connectivity index (χ3n) is 5.44. The van der Waals surface area contributed by atoms with Crippen molar-refractivity contribution in [2.75, 3.05) is 23.8 Å². The highest BCUT2D eigenvalue weighted by molar-refractivity contribution is 6.05. The van der Waals surface area contributed by atoms with Crippen LogP contribution >= 0.6 is 0 Å². The van der Waals surface area contributed by atoms with Crippen molar-refractivity contribution in [2.24, 2.45) is 17.8 Å². The van der Waals surface area contributed by atoms with E-state index in [1.165, 1.54) is 4.90 Å². The van der Waals surface area contributed by atoms with Gasteiger partial charge in [0.05, 0.1) is 18.4 Å². The van der Waals surface area contributed by atoms with Crippen LogP contribution in [0, 0.1) is 17.8 Å². The van der Waals surface area contributed by atoms with E-state index in [-0.39, 0.29) is 48.4 Å². The van der Waals surface area contributed by atoms with Gasteiger partial charge in [-0.3, -0.25) is 24.6 Å². The molecule has 8 heteroatoms. The summed E-state index contributed by atoms with van der Waals surface area (Å²) in [4.78, 5) is 50.3. The van der Waals surface area contributed by atoms with E-state index in [2.05, 4.69) is 10.6 Å². The van der Waals surface area contributed by atoms with Crippen LogP contribution in [0.1, 0.15) is 46.0 Å². The number of rotatable bonds is 7. The molecule has 8 nitrogen and oxygen atoms in total. The molecular weight excluding hydrogens is 386 g/mol. The highest BCUT2D eigenvalue weighted by atomic mass is 16.5. The van der Waals surface area contributed by atoms with Crippen molar-refractivity contribution < 1.29 is 23.9 Å². The van der Waals surface area contributed by atoms with Gasteiger partial charge in [0, 0.05) is 24.3 Å². The molecule has 1 heterocycles. The van der Waals surface area contributed by atoms with E-state index in [0.29, 0.717) is 18.0 Å². The number of likely N-dealkylation sites (tertiary alicyclic amines) is 1. The Morgan fingerprint density at radius 1 is 1.07 bits per heavy atom. The number of nitrogens with one attached hydrogen (secondary N) is 2. The average molecular weight is 415 g/mol. The van der Waals surface area contributed by atoms with Gasteiger partial charge in [-0.15, -0.1) is 0 Å². The molecule has 4 amide bonds. The van der Waals surface area contributed by atoms with Crippen LogP contribution in [0.25, 0.3) is 0 Å². The lowest BCUT2D eigenvalue weighted by molar-refractivity contribution is -0.140. The van der Waals surface area contributed by atoms with Gasteiger partial charge < -0.3 is 10.1 Å². The summed E-state index contributed by atoms with van der Waals surface area (Å²) in [5.74, 6) is -0.739. The molecule has 2 fully saturated rings. The smallest absolute Gasteiger partial charge is 0.411 e. The van der Waals surface area contributed by atoms with Gasteiger partial charge in [-0.25, -0.2) is 4.79 Å². The van der Waals surface area contributed by atoms with Gasteiger partial charge >= 0.3 is 6.09 Å². The summed E-state index contributed by atoms with van der Waals surface area (Å²) in [6.45, 7) is 4.30. The topological polar surface area (TPSA) is 105 Å². The maximum absolute atomic E-state index is 12.5. The summed E-state index contributed by atoms with van der Waals surface area (Å²) in [5, 5.41) is 5.36. The molecule has 2 unspecified atom stereocenters. The fraction of sp³-hybridized carbons (Fsp3) is 0.545. The molecule has 0 spiro atoms. The third-order valence-corrected chi connectivity index (χ3v) is 5.44. The second-order valence-electron chi connectivity index (χ2n) is 8.32. The number of ether oxygens (including phenoxy) is 1. The Hall–Kier alpha value is -2.90. The van der Waals surface area contributed by atoms with Crippen LogP contribution < -0.4 is 10.6 Å². The summed E-state index contributed by atoms with van der Waals surface area (Å²) in [5.41, 5.74) is 1.00. The van der Waals surface area contributed by atoms with Crippen molar-refractivity contribution in [3.63, 3.8) is 0 Å². The lowest BCUT2D eigenvalue weighted by atomic mass is 9.81. The first-order valence-corrected chi connectivity index (χ1v) is 10.5. The zero-order valence-electron chi connectivity index (χ0n) is 17.5. The van der Waals surface area contributed by atoms with Crippen molar-refractivity contribution in [2.45, 2.75) is 46.0 Å². The first kappa shape index (κ1) is 21.8. The van der Waals surface area contributed by atoms with Gasteiger partial charge in [-0.05, 0) is 37.0 Å². The zero-order valence-corrected chi connectivity index (χ0v) is 17.5. The van der Waals surface area contributed by atoms with Crippen LogP contribution in [0.3, 0.4) is 0 Å².